The number of nitro benzene ring substituents is 1. The maximum Gasteiger partial charge on any atom is 0.307 e. The predicted octanol–water partition coefficient (Wildman–Crippen LogP) is 1.97. The second-order valence-electron chi connectivity index (χ2n) is 5.98. The maximum absolute atomic E-state index is 12.6. The molecule has 9 heteroatoms. The standard InChI is InChI=1S/C18H15N3O6/c22-16-10-14(19-13-3-1-2-4-15(13)21(26)27)18(25)20(16)12-7-5-11(6-8-12)9-17(23)24/h1-8,14,19H,9-10H2,(H,23,24). The molecule has 1 aliphatic rings. The number of rotatable bonds is 6. The van der Waals surface area contributed by atoms with Gasteiger partial charge in [-0.15, -0.1) is 0 Å². The topological polar surface area (TPSA) is 130 Å². The van der Waals surface area contributed by atoms with Gasteiger partial charge in [-0.05, 0) is 23.8 Å². The Bertz CT molecular complexity index is 925. The highest BCUT2D eigenvalue weighted by atomic mass is 16.6. The van der Waals surface area contributed by atoms with Crippen molar-refractivity contribution in [3.63, 3.8) is 0 Å². The smallest absolute Gasteiger partial charge is 0.307 e. The maximum atomic E-state index is 12.6. The highest BCUT2D eigenvalue weighted by molar-refractivity contribution is 6.23. The summed E-state index contributed by atoms with van der Waals surface area (Å²) in [5.74, 6) is -1.95. The van der Waals surface area contributed by atoms with Crippen LogP contribution in [0.4, 0.5) is 17.1 Å². The molecule has 1 saturated heterocycles. The van der Waals surface area contributed by atoms with Crippen LogP contribution < -0.4 is 10.2 Å². The van der Waals surface area contributed by atoms with Gasteiger partial charge in [0.05, 0.1) is 23.5 Å². The number of nitrogens with zero attached hydrogens (tertiary/aromatic N) is 2. The van der Waals surface area contributed by atoms with Crippen LogP contribution >= 0.6 is 0 Å². The number of imide groups is 1. The lowest BCUT2D eigenvalue weighted by molar-refractivity contribution is -0.384. The summed E-state index contributed by atoms with van der Waals surface area (Å²) < 4.78 is 0. The number of hydrogen-bond acceptors (Lipinski definition) is 6. The largest absolute Gasteiger partial charge is 0.481 e. The Labute approximate surface area is 153 Å². The van der Waals surface area contributed by atoms with E-state index in [1.165, 1.54) is 42.5 Å². The molecule has 2 amide bonds. The third-order valence-corrected chi connectivity index (χ3v) is 4.13. The van der Waals surface area contributed by atoms with Gasteiger partial charge in [0.2, 0.25) is 5.91 Å². The third kappa shape index (κ3) is 3.76. The zero-order valence-electron chi connectivity index (χ0n) is 14.0. The number of carbonyl (C=O) groups is 3. The normalized spacial score (nSPS) is 16.4. The van der Waals surface area contributed by atoms with Gasteiger partial charge in [-0.3, -0.25) is 24.5 Å². The molecule has 3 rings (SSSR count). The molecule has 0 saturated carbocycles. The zero-order chi connectivity index (χ0) is 19.6. The molecule has 1 atom stereocenters. The van der Waals surface area contributed by atoms with E-state index in [1.54, 1.807) is 6.07 Å². The van der Waals surface area contributed by atoms with Crippen LogP contribution in [0.25, 0.3) is 0 Å². The van der Waals surface area contributed by atoms with Crippen molar-refractivity contribution >= 4 is 34.8 Å². The van der Waals surface area contributed by atoms with Crippen molar-refractivity contribution in [2.75, 3.05) is 10.2 Å². The van der Waals surface area contributed by atoms with Gasteiger partial charge >= 0.3 is 5.97 Å². The molecule has 27 heavy (non-hydrogen) atoms. The van der Waals surface area contributed by atoms with Crippen LogP contribution in [-0.2, 0) is 20.8 Å². The number of hydrogen-bond donors (Lipinski definition) is 2. The summed E-state index contributed by atoms with van der Waals surface area (Å²) in [7, 11) is 0. The summed E-state index contributed by atoms with van der Waals surface area (Å²) in [5, 5.41) is 22.7. The Hall–Kier alpha value is -3.75. The van der Waals surface area contributed by atoms with E-state index >= 15 is 0 Å². The van der Waals surface area contributed by atoms with Gasteiger partial charge in [0, 0.05) is 6.07 Å². The lowest BCUT2D eigenvalue weighted by Crippen LogP contribution is -2.34. The molecule has 1 unspecified atom stereocenters. The lowest BCUT2D eigenvalue weighted by atomic mass is 10.1. The van der Waals surface area contributed by atoms with Crippen LogP contribution in [0.3, 0.4) is 0 Å². The molecule has 1 heterocycles. The molecule has 0 aliphatic carbocycles. The summed E-state index contributed by atoms with van der Waals surface area (Å²) in [6, 6.07) is 11.0. The van der Waals surface area contributed by atoms with Gasteiger partial charge < -0.3 is 10.4 Å². The Kier molecular flexibility index (Phi) is 4.84. The summed E-state index contributed by atoms with van der Waals surface area (Å²) in [6.45, 7) is 0. The van der Waals surface area contributed by atoms with Gasteiger partial charge in [0.1, 0.15) is 11.7 Å². The van der Waals surface area contributed by atoms with Crippen molar-refractivity contribution in [3.05, 3.63) is 64.2 Å². The van der Waals surface area contributed by atoms with E-state index in [4.69, 9.17) is 5.11 Å². The molecule has 1 fully saturated rings. The molecular formula is C18H15N3O6. The molecule has 1 aliphatic heterocycles. The molecule has 0 radical (unpaired) electrons. The average Bonchev–Trinajstić information content (AvgIpc) is 2.89. The first-order chi connectivity index (χ1) is 12.9. The second kappa shape index (κ2) is 7.24. The predicted molar refractivity (Wildman–Crippen MR) is 95.4 cm³/mol. The molecule has 0 bridgehead atoms. The Morgan fingerprint density at radius 3 is 2.48 bits per heavy atom. The van der Waals surface area contributed by atoms with E-state index in [0.717, 1.165) is 4.90 Å². The van der Waals surface area contributed by atoms with Crippen molar-refractivity contribution < 1.29 is 24.4 Å². The van der Waals surface area contributed by atoms with Crippen LogP contribution in [0.2, 0.25) is 0 Å². The molecule has 2 aromatic rings. The van der Waals surface area contributed by atoms with Gasteiger partial charge in [0.15, 0.2) is 0 Å². The van der Waals surface area contributed by atoms with Crippen molar-refractivity contribution in [3.8, 4) is 0 Å². The number of benzene rings is 2. The number of carboxylic acid groups (broad SMARTS) is 1. The van der Waals surface area contributed by atoms with Crippen molar-refractivity contribution in [1.82, 2.24) is 0 Å². The summed E-state index contributed by atoms with van der Waals surface area (Å²) in [5.41, 5.74) is 0.840. The van der Waals surface area contributed by atoms with Crippen molar-refractivity contribution in [2.45, 2.75) is 18.9 Å². The van der Waals surface area contributed by atoms with Crippen LogP contribution in [0, 0.1) is 10.1 Å². The molecule has 138 valence electrons. The number of amides is 2. The SMILES string of the molecule is O=C(O)Cc1ccc(N2C(=O)CC(Nc3ccccc3[N+](=O)[O-])C2=O)cc1. The number of nitrogens with one attached hydrogen (secondary N) is 1. The first-order valence-electron chi connectivity index (χ1n) is 8.04. The number of para-hydroxylation sites is 2. The molecule has 2 N–H and O–H groups in total. The third-order valence-electron chi connectivity index (χ3n) is 4.13. The summed E-state index contributed by atoms with van der Waals surface area (Å²) in [4.78, 5) is 47.2. The van der Waals surface area contributed by atoms with Gasteiger partial charge in [-0.25, -0.2) is 4.90 Å². The number of carbonyl (C=O) groups excluding carboxylic acids is 2. The average molecular weight is 369 g/mol. The number of nitro groups is 1. The molecule has 2 aromatic carbocycles. The second-order valence-corrected chi connectivity index (χ2v) is 5.98. The van der Waals surface area contributed by atoms with E-state index in [1.807, 2.05) is 0 Å². The fourth-order valence-corrected chi connectivity index (χ4v) is 2.90. The van der Waals surface area contributed by atoms with Crippen LogP contribution in [0.5, 0.6) is 0 Å². The van der Waals surface area contributed by atoms with Gasteiger partial charge in [0.25, 0.3) is 11.6 Å². The minimum atomic E-state index is -0.982. The monoisotopic (exact) mass is 369 g/mol. The van der Waals surface area contributed by atoms with E-state index in [9.17, 15) is 24.5 Å². The van der Waals surface area contributed by atoms with Crippen LogP contribution in [0.15, 0.2) is 48.5 Å². The van der Waals surface area contributed by atoms with Crippen LogP contribution in [0.1, 0.15) is 12.0 Å². The molecule has 9 nitrogen and oxygen atoms in total. The fourth-order valence-electron chi connectivity index (χ4n) is 2.90. The lowest BCUT2D eigenvalue weighted by Gasteiger charge is -2.16. The highest BCUT2D eigenvalue weighted by Crippen LogP contribution is 2.29. The Morgan fingerprint density at radius 2 is 1.85 bits per heavy atom. The highest BCUT2D eigenvalue weighted by Gasteiger charge is 2.40. The Morgan fingerprint density at radius 1 is 1.19 bits per heavy atom. The quantitative estimate of drug-likeness (QED) is 0.452. The molecule has 0 spiro atoms. The minimum absolute atomic E-state index is 0.137. The van der Waals surface area contributed by atoms with Gasteiger partial charge in [-0.1, -0.05) is 24.3 Å². The molecule has 0 aromatic heterocycles. The van der Waals surface area contributed by atoms with Crippen molar-refractivity contribution in [2.24, 2.45) is 0 Å². The minimum Gasteiger partial charge on any atom is -0.481 e. The first-order valence-corrected chi connectivity index (χ1v) is 8.04. The van der Waals surface area contributed by atoms with E-state index in [0.29, 0.717) is 11.3 Å². The molecular weight excluding hydrogens is 354 g/mol. The van der Waals surface area contributed by atoms with E-state index < -0.39 is 28.7 Å². The van der Waals surface area contributed by atoms with E-state index in [-0.39, 0.29) is 24.2 Å². The van der Waals surface area contributed by atoms with E-state index in [2.05, 4.69) is 5.32 Å². The van der Waals surface area contributed by atoms with Gasteiger partial charge in [-0.2, -0.15) is 0 Å². The summed E-state index contributed by atoms with van der Waals surface area (Å²) >= 11 is 0. The Balaban J connectivity index is 1.79. The summed E-state index contributed by atoms with van der Waals surface area (Å²) in [6.07, 6.45) is -0.300. The van der Waals surface area contributed by atoms with Crippen molar-refractivity contribution in [1.29, 1.82) is 0 Å². The number of aliphatic carboxylic acids is 1. The zero-order valence-corrected chi connectivity index (χ0v) is 14.0. The number of anilines is 2. The fraction of sp³-hybridized carbons (Fsp3) is 0.167. The number of carboxylic acids is 1. The van der Waals surface area contributed by atoms with Crippen LogP contribution in [-0.4, -0.2) is 33.9 Å². The first kappa shape index (κ1) is 18.1.